The Hall–Kier alpha value is -2.92. The highest BCUT2D eigenvalue weighted by Crippen LogP contribution is 2.33. The Morgan fingerprint density at radius 2 is 1.97 bits per heavy atom. The molecule has 1 atom stereocenters. The number of hydrogen-bond donors (Lipinski definition) is 1. The predicted octanol–water partition coefficient (Wildman–Crippen LogP) is 3.51. The fraction of sp³-hybridized carbons (Fsp3) is 0.240. The van der Waals surface area contributed by atoms with E-state index in [-0.39, 0.29) is 17.9 Å². The van der Waals surface area contributed by atoms with Crippen LogP contribution >= 0.6 is 33.9 Å². The molecule has 0 amide bonds. The molecule has 34 heavy (non-hydrogen) atoms. The summed E-state index contributed by atoms with van der Waals surface area (Å²) < 4.78 is 13.5. The highest BCUT2D eigenvalue weighted by molar-refractivity contribution is 14.1. The topological polar surface area (TPSA) is 90.1 Å². The van der Waals surface area contributed by atoms with Gasteiger partial charge in [0.2, 0.25) is 0 Å². The van der Waals surface area contributed by atoms with Gasteiger partial charge in [-0.25, -0.2) is 9.79 Å². The highest BCUT2D eigenvalue weighted by atomic mass is 127. The maximum absolute atomic E-state index is 13.6. The lowest BCUT2D eigenvalue weighted by molar-refractivity contribution is -0.139. The van der Waals surface area contributed by atoms with Crippen molar-refractivity contribution in [1.29, 1.82) is 0 Å². The van der Waals surface area contributed by atoms with Crippen LogP contribution in [0.15, 0.2) is 63.5 Å². The van der Waals surface area contributed by atoms with Crippen molar-refractivity contribution >= 4 is 46.0 Å². The Morgan fingerprint density at radius 1 is 1.24 bits per heavy atom. The monoisotopic (exact) mass is 590 g/mol. The number of halogens is 1. The molecule has 1 N–H and O–H groups in total. The highest BCUT2D eigenvalue weighted by Gasteiger charge is 2.33. The number of nitrogens with zero attached hydrogens (tertiary/aromatic N) is 2. The third kappa shape index (κ3) is 4.54. The number of esters is 1. The van der Waals surface area contributed by atoms with Gasteiger partial charge in [0.05, 0.1) is 38.6 Å². The Morgan fingerprint density at radius 3 is 2.65 bits per heavy atom. The molecule has 0 saturated heterocycles. The van der Waals surface area contributed by atoms with Gasteiger partial charge >= 0.3 is 5.97 Å². The average Bonchev–Trinajstić information content (AvgIpc) is 3.11. The second kappa shape index (κ2) is 10.1. The molecule has 176 valence electrons. The van der Waals surface area contributed by atoms with Crippen LogP contribution in [-0.4, -0.2) is 28.9 Å². The average molecular weight is 590 g/mol. The van der Waals surface area contributed by atoms with E-state index in [1.54, 1.807) is 36.6 Å². The molecule has 3 aromatic rings. The number of aromatic nitrogens is 1. The van der Waals surface area contributed by atoms with E-state index in [1.165, 1.54) is 11.3 Å². The van der Waals surface area contributed by atoms with Gasteiger partial charge in [0.1, 0.15) is 0 Å². The number of ether oxygens (including phenoxy) is 2. The summed E-state index contributed by atoms with van der Waals surface area (Å²) in [5, 5.41) is 10.2. The van der Waals surface area contributed by atoms with Crippen LogP contribution in [0.2, 0.25) is 0 Å². The van der Waals surface area contributed by atoms with E-state index in [1.807, 2.05) is 59.8 Å². The van der Waals surface area contributed by atoms with E-state index in [2.05, 4.69) is 4.99 Å². The Kier molecular flexibility index (Phi) is 7.22. The third-order valence-electron chi connectivity index (χ3n) is 5.28. The molecule has 0 bridgehead atoms. The molecule has 1 aromatic heterocycles. The van der Waals surface area contributed by atoms with Gasteiger partial charge in [0.25, 0.3) is 5.56 Å². The van der Waals surface area contributed by atoms with E-state index >= 15 is 0 Å². The first-order chi connectivity index (χ1) is 16.3. The largest absolute Gasteiger partial charge is 0.504 e. The standard InChI is InChI=1S/C25H23IN2O5S/c1-4-32-18-12-15(11-17(26)22(18)29)13-19-23(30)28-21(16-9-7-6-8-10-16)20(24(31)33-5-2)14(3)27-25(28)34-19/h6-13,21,29H,4-5H2,1-3H3/b19-13+/t21-/m0/s1. The number of fused-ring (bicyclic) bond motifs is 1. The van der Waals surface area contributed by atoms with Crippen LogP contribution in [-0.2, 0) is 9.53 Å². The van der Waals surface area contributed by atoms with Gasteiger partial charge < -0.3 is 14.6 Å². The normalized spacial score (nSPS) is 15.6. The molecule has 0 spiro atoms. The summed E-state index contributed by atoms with van der Waals surface area (Å²) in [4.78, 5) is 31.6. The van der Waals surface area contributed by atoms with Crippen molar-refractivity contribution in [2.24, 2.45) is 4.99 Å². The van der Waals surface area contributed by atoms with Gasteiger partial charge in [-0.2, -0.15) is 0 Å². The van der Waals surface area contributed by atoms with Crippen molar-refractivity contribution in [1.82, 2.24) is 4.57 Å². The molecule has 9 heteroatoms. The smallest absolute Gasteiger partial charge is 0.338 e. The lowest BCUT2D eigenvalue weighted by Crippen LogP contribution is -2.39. The van der Waals surface area contributed by atoms with Crippen LogP contribution in [0.5, 0.6) is 11.5 Å². The molecule has 1 aliphatic heterocycles. The summed E-state index contributed by atoms with van der Waals surface area (Å²) in [7, 11) is 0. The number of rotatable bonds is 6. The Labute approximate surface area is 213 Å². The molecular formula is C25H23IN2O5S. The lowest BCUT2D eigenvalue weighted by atomic mass is 9.96. The van der Waals surface area contributed by atoms with Gasteiger partial charge in [-0.1, -0.05) is 41.7 Å². The first kappa shape index (κ1) is 24.2. The minimum absolute atomic E-state index is 0.0693. The maximum Gasteiger partial charge on any atom is 0.338 e. The van der Waals surface area contributed by atoms with Gasteiger partial charge in [-0.05, 0) is 72.7 Å². The quantitative estimate of drug-likeness (QED) is 0.351. The molecule has 0 fully saturated rings. The van der Waals surface area contributed by atoms with Crippen LogP contribution < -0.4 is 19.6 Å². The molecule has 0 radical (unpaired) electrons. The van der Waals surface area contributed by atoms with Crippen molar-refractivity contribution in [2.45, 2.75) is 26.8 Å². The van der Waals surface area contributed by atoms with Gasteiger partial charge in [0, 0.05) is 0 Å². The predicted molar refractivity (Wildman–Crippen MR) is 139 cm³/mol. The molecule has 0 aliphatic carbocycles. The van der Waals surface area contributed by atoms with Crippen LogP contribution in [0.25, 0.3) is 6.08 Å². The minimum atomic E-state index is -0.641. The van der Waals surface area contributed by atoms with E-state index in [0.29, 0.717) is 42.1 Å². The maximum atomic E-state index is 13.6. The van der Waals surface area contributed by atoms with E-state index in [9.17, 15) is 14.7 Å². The SMILES string of the molecule is CCOC(=O)C1=C(C)N=c2s/c(=C/c3cc(I)c(O)c(OCC)c3)c(=O)n2[C@H]1c1ccccc1. The van der Waals surface area contributed by atoms with E-state index < -0.39 is 12.0 Å². The number of thiazole rings is 1. The first-order valence-corrected chi connectivity index (χ1v) is 12.6. The molecule has 0 saturated carbocycles. The van der Waals surface area contributed by atoms with Gasteiger partial charge in [0.15, 0.2) is 16.3 Å². The number of hydrogen-bond acceptors (Lipinski definition) is 7. The number of aromatic hydroxyl groups is 1. The second-order valence-electron chi connectivity index (χ2n) is 7.50. The number of phenols is 1. The first-order valence-electron chi connectivity index (χ1n) is 10.8. The number of benzene rings is 2. The molecule has 2 heterocycles. The zero-order chi connectivity index (χ0) is 24.4. The van der Waals surface area contributed by atoms with Crippen molar-refractivity contribution in [2.75, 3.05) is 13.2 Å². The molecule has 7 nitrogen and oxygen atoms in total. The third-order valence-corrected chi connectivity index (χ3v) is 7.09. The van der Waals surface area contributed by atoms with Crippen LogP contribution in [0.3, 0.4) is 0 Å². The summed E-state index contributed by atoms with van der Waals surface area (Å²) in [5.74, 6) is -0.0582. The Balaban J connectivity index is 1.93. The van der Waals surface area contributed by atoms with Crippen molar-refractivity contribution < 1.29 is 19.4 Å². The minimum Gasteiger partial charge on any atom is -0.504 e. The zero-order valence-corrected chi connectivity index (χ0v) is 21.8. The zero-order valence-electron chi connectivity index (χ0n) is 18.9. The van der Waals surface area contributed by atoms with Crippen LogP contribution in [0.4, 0.5) is 0 Å². The molecular weight excluding hydrogens is 567 g/mol. The summed E-state index contributed by atoms with van der Waals surface area (Å²) in [6.07, 6.45) is 1.75. The number of allylic oxidation sites excluding steroid dienone is 1. The lowest BCUT2D eigenvalue weighted by Gasteiger charge is -2.24. The van der Waals surface area contributed by atoms with Crippen LogP contribution in [0.1, 0.15) is 37.9 Å². The summed E-state index contributed by atoms with van der Waals surface area (Å²) in [5.41, 5.74) is 2.13. The van der Waals surface area contributed by atoms with E-state index in [4.69, 9.17) is 9.47 Å². The van der Waals surface area contributed by atoms with Crippen molar-refractivity contribution in [3.63, 3.8) is 0 Å². The number of carbonyl (C=O) groups excluding carboxylic acids is 1. The van der Waals surface area contributed by atoms with Crippen molar-refractivity contribution in [3.8, 4) is 11.5 Å². The van der Waals surface area contributed by atoms with Crippen LogP contribution in [0, 0.1) is 3.57 Å². The Bertz CT molecular complexity index is 1460. The summed E-state index contributed by atoms with van der Waals surface area (Å²) in [6, 6.07) is 12.2. The summed E-state index contributed by atoms with van der Waals surface area (Å²) >= 11 is 3.28. The van der Waals surface area contributed by atoms with Crippen molar-refractivity contribution in [3.05, 3.63) is 88.1 Å². The molecule has 0 unspecified atom stereocenters. The second-order valence-corrected chi connectivity index (χ2v) is 9.67. The summed E-state index contributed by atoms with van der Waals surface area (Å²) in [6.45, 7) is 5.97. The number of carbonyl (C=O) groups is 1. The molecule has 4 rings (SSSR count). The fourth-order valence-electron chi connectivity index (χ4n) is 3.84. The van der Waals surface area contributed by atoms with Gasteiger partial charge in [-0.3, -0.25) is 9.36 Å². The number of phenolic OH excluding ortho intramolecular Hbond substituents is 1. The van der Waals surface area contributed by atoms with E-state index in [0.717, 1.165) is 5.56 Å². The molecule has 2 aromatic carbocycles. The van der Waals surface area contributed by atoms with Gasteiger partial charge in [-0.15, -0.1) is 0 Å². The fourth-order valence-corrected chi connectivity index (χ4v) is 5.51. The molecule has 1 aliphatic rings.